The van der Waals surface area contributed by atoms with E-state index in [1.807, 2.05) is 0 Å². The molecule has 0 unspecified atom stereocenters. The van der Waals surface area contributed by atoms with Crippen LogP contribution in [-0.2, 0) is 0 Å². The van der Waals surface area contributed by atoms with Crippen molar-refractivity contribution in [1.29, 1.82) is 0 Å². The fourth-order valence-corrected chi connectivity index (χ4v) is 0. The highest BCUT2D eigenvalue weighted by Gasteiger charge is 1.78. The molecule has 0 aliphatic rings. The minimum absolute atomic E-state index is 0.343. The molecule has 0 radical (unpaired) electrons. The molecule has 0 aliphatic heterocycles. The Hall–Kier alpha value is -0.920. The quantitative estimate of drug-likeness (QED) is 0.437. The van der Waals surface area contributed by atoms with Crippen molar-refractivity contribution in [3.05, 3.63) is 24.6 Å². The van der Waals surface area contributed by atoms with Crippen molar-refractivity contribution in [3.63, 3.8) is 0 Å². The van der Waals surface area contributed by atoms with Crippen LogP contribution in [0.1, 0.15) is 0 Å². The summed E-state index contributed by atoms with van der Waals surface area (Å²) in [6.45, 7) is 6.62. The summed E-state index contributed by atoms with van der Waals surface area (Å²) in [4.78, 5) is 0. The van der Waals surface area contributed by atoms with Crippen LogP contribution in [0.4, 0.5) is 0 Å². The van der Waals surface area contributed by atoms with Gasteiger partial charge < -0.3 is 11.5 Å². The minimum Gasteiger partial charge on any atom is -0.398 e. The first-order valence-electron chi connectivity index (χ1n) is 1.53. The Morgan fingerprint density at radius 3 is 1.17 bits per heavy atom. The van der Waals surface area contributed by atoms with Crippen LogP contribution in [0.5, 0.6) is 0 Å². The fourth-order valence-electron chi connectivity index (χ4n) is 0. The van der Waals surface area contributed by atoms with Crippen LogP contribution < -0.4 is 11.5 Å². The average Bonchev–Trinajstić information content (AvgIpc) is 1.36. The van der Waals surface area contributed by atoms with Gasteiger partial charge in [-0.2, -0.15) is 0 Å². The predicted molar refractivity (Wildman–Crippen MR) is 26.7 cm³/mol. The number of hydrogen-bond donors (Lipinski definition) is 2. The SMILES string of the molecule is C=C(N)C(=C)N. The molecule has 0 aromatic heterocycles. The molecule has 0 rings (SSSR count). The lowest BCUT2D eigenvalue weighted by molar-refractivity contribution is 1.28. The van der Waals surface area contributed by atoms with E-state index in [4.69, 9.17) is 11.5 Å². The molecule has 4 N–H and O–H groups in total. The molecule has 0 aliphatic carbocycles. The van der Waals surface area contributed by atoms with Gasteiger partial charge in [-0.1, -0.05) is 13.2 Å². The number of rotatable bonds is 1. The Kier molecular flexibility index (Phi) is 1.27. The molecule has 0 bridgehead atoms. The predicted octanol–water partition coefficient (Wildman–Crippen LogP) is -0.0688. The molecular weight excluding hydrogens is 76.1 g/mol. The number of nitrogens with two attached hydrogens (primary N) is 2. The molecule has 0 aromatic rings. The van der Waals surface area contributed by atoms with Gasteiger partial charge in [-0.05, 0) is 0 Å². The van der Waals surface area contributed by atoms with Crippen molar-refractivity contribution in [2.45, 2.75) is 0 Å². The lowest BCUT2D eigenvalue weighted by atomic mass is 10.4. The van der Waals surface area contributed by atoms with E-state index >= 15 is 0 Å². The summed E-state index contributed by atoms with van der Waals surface area (Å²) in [5, 5.41) is 0. The van der Waals surface area contributed by atoms with E-state index in [0.717, 1.165) is 0 Å². The number of hydrogen-bond acceptors (Lipinski definition) is 2. The molecule has 2 nitrogen and oxygen atoms in total. The summed E-state index contributed by atoms with van der Waals surface area (Å²) < 4.78 is 0. The second kappa shape index (κ2) is 1.50. The zero-order chi connectivity index (χ0) is 5.15. The standard InChI is InChI=1S/C4H8N2/c1-3(5)4(2)6/h1-2,5-6H2. The van der Waals surface area contributed by atoms with E-state index in [0.29, 0.717) is 11.4 Å². The maximum absolute atomic E-state index is 5.02. The minimum atomic E-state index is 0.343. The molecule has 0 saturated carbocycles. The summed E-state index contributed by atoms with van der Waals surface area (Å²) in [6, 6.07) is 0. The third-order valence-electron chi connectivity index (χ3n) is 0.412. The molecule has 2 heteroatoms. The Labute approximate surface area is 37.1 Å². The maximum Gasteiger partial charge on any atom is 0.0468 e. The summed E-state index contributed by atoms with van der Waals surface area (Å²) in [5.41, 5.74) is 10.7. The third kappa shape index (κ3) is 1.40. The molecule has 34 valence electrons. The molecule has 0 fully saturated rings. The fraction of sp³-hybridized carbons (Fsp3) is 0. The first kappa shape index (κ1) is 5.08. The van der Waals surface area contributed by atoms with E-state index in [2.05, 4.69) is 13.2 Å². The van der Waals surface area contributed by atoms with Gasteiger partial charge in [-0.25, -0.2) is 0 Å². The van der Waals surface area contributed by atoms with Crippen LogP contribution in [0.2, 0.25) is 0 Å². The summed E-state index contributed by atoms with van der Waals surface area (Å²) in [6.07, 6.45) is 0. The Bertz CT molecular complexity index is 71.5. The van der Waals surface area contributed by atoms with Crippen molar-refractivity contribution in [3.8, 4) is 0 Å². The van der Waals surface area contributed by atoms with Gasteiger partial charge in [0.15, 0.2) is 0 Å². The van der Waals surface area contributed by atoms with Gasteiger partial charge in [0, 0.05) is 11.4 Å². The highest BCUT2D eigenvalue weighted by atomic mass is 14.7. The normalized spacial score (nSPS) is 7.33. The topological polar surface area (TPSA) is 52.0 Å². The van der Waals surface area contributed by atoms with Gasteiger partial charge in [0.25, 0.3) is 0 Å². The van der Waals surface area contributed by atoms with Crippen LogP contribution in [0, 0.1) is 0 Å². The Morgan fingerprint density at radius 1 is 1.00 bits per heavy atom. The molecule has 0 heterocycles. The van der Waals surface area contributed by atoms with E-state index in [1.54, 1.807) is 0 Å². The van der Waals surface area contributed by atoms with Crippen LogP contribution in [0.25, 0.3) is 0 Å². The Morgan fingerprint density at radius 2 is 1.17 bits per heavy atom. The zero-order valence-electron chi connectivity index (χ0n) is 3.57. The first-order valence-corrected chi connectivity index (χ1v) is 1.53. The van der Waals surface area contributed by atoms with Gasteiger partial charge in [0.2, 0.25) is 0 Å². The van der Waals surface area contributed by atoms with E-state index < -0.39 is 0 Å². The van der Waals surface area contributed by atoms with E-state index in [9.17, 15) is 0 Å². The second-order valence-corrected chi connectivity index (χ2v) is 1.05. The van der Waals surface area contributed by atoms with Crippen molar-refractivity contribution >= 4 is 0 Å². The smallest absolute Gasteiger partial charge is 0.0468 e. The van der Waals surface area contributed by atoms with Crippen LogP contribution >= 0.6 is 0 Å². The molecule has 0 aromatic carbocycles. The van der Waals surface area contributed by atoms with Gasteiger partial charge in [-0.15, -0.1) is 0 Å². The van der Waals surface area contributed by atoms with Crippen molar-refractivity contribution in [2.75, 3.05) is 0 Å². The lowest BCUT2D eigenvalue weighted by Crippen LogP contribution is -2.05. The molecule has 6 heavy (non-hydrogen) atoms. The molecule has 0 saturated heterocycles. The maximum atomic E-state index is 5.02. The molecule has 0 atom stereocenters. The van der Waals surface area contributed by atoms with Crippen LogP contribution in [0.15, 0.2) is 24.6 Å². The molecule has 0 spiro atoms. The van der Waals surface area contributed by atoms with Gasteiger partial charge in [-0.3, -0.25) is 0 Å². The first-order chi connectivity index (χ1) is 2.64. The summed E-state index contributed by atoms with van der Waals surface area (Å²) in [7, 11) is 0. The summed E-state index contributed by atoms with van der Waals surface area (Å²) >= 11 is 0. The highest BCUT2D eigenvalue weighted by Crippen LogP contribution is 1.81. The van der Waals surface area contributed by atoms with Crippen LogP contribution in [-0.4, -0.2) is 0 Å². The van der Waals surface area contributed by atoms with Crippen LogP contribution in [0.3, 0.4) is 0 Å². The van der Waals surface area contributed by atoms with E-state index in [-0.39, 0.29) is 0 Å². The monoisotopic (exact) mass is 84.1 g/mol. The third-order valence-corrected chi connectivity index (χ3v) is 0.412. The van der Waals surface area contributed by atoms with Gasteiger partial charge in [0.1, 0.15) is 0 Å². The Balaban J connectivity index is 3.57. The zero-order valence-corrected chi connectivity index (χ0v) is 3.57. The largest absolute Gasteiger partial charge is 0.398 e. The highest BCUT2D eigenvalue weighted by molar-refractivity contribution is 5.16. The van der Waals surface area contributed by atoms with Gasteiger partial charge in [0.05, 0.1) is 0 Å². The summed E-state index contributed by atoms with van der Waals surface area (Å²) in [5.74, 6) is 0. The average molecular weight is 84.1 g/mol. The van der Waals surface area contributed by atoms with Crippen molar-refractivity contribution in [1.82, 2.24) is 0 Å². The molecule has 0 amide bonds. The molecular formula is C4H8N2. The van der Waals surface area contributed by atoms with E-state index in [1.165, 1.54) is 0 Å². The second-order valence-electron chi connectivity index (χ2n) is 1.05. The van der Waals surface area contributed by atoms with Crippen molar-refractivity contribution < 1.29 is 0 Å². The lowest BCUT2D eigenvalue weighted by Gasteiger charge is -1.89. The van der Waals surface area contributed by atoms with Gasteiger partial charge >= 0.3 is 0 Å². The van der Waals surface area contributed by atoms with Crippen molar-refractivity contribution in [2.24, 2.45) is 11.5 Å².